The molecule has 0 saturated heterocycles. The number of hydrogen-bond acceptors (Lipinski definition) is 1. The zero-order chi connectivity index (χ0) is 14.2. The highest BCUT2D eigenvalue weighted by Crippen LogP contribution is 2.29. The minimum atomic E-state index is -1.22. The van der Waals surface area contributed by atoms with Gasteiger partial charge in [-0.05, 0) is 30.2 Å². The van der Waals surface area contributed by atoms with Gasteiger partial charge >= 0.3 is 5.97 Å². The van der Waals surface area contributed by atoms with Gasteiger partial charge in [-0.2, -0.15) is 0 Å². The maximum Gasteiger partial charge on any atom is 0.337 e. The molecular formula is C14H9ClF2O2. The molecule has 0 saturated carbocycles. The molecule has 0 unspecified atom stereocenters. The van der Waals surface area contributed by atoms with Gasteiger partial charge in [-0.15, -0.1) is 0 Å². The lowest BCUT2D eigenvalue weighted by atomic mass is 10.0. The summed E-state index contributed by atoms with van der Waals surface area (Å²) < 4.78 is 27.3. The summed E-state index contributed by atoms with van der Waals surface area (Å²) >= 11 is 5.73. The van der Waals surface area contributed by atoms with Crippen molar-refractivity contribution in [1.82, 2.24) is 0 Å². The topological polar surface area (TPSA) is 37.3 Å². The lowest BCUT2D eigenvalue weighted by Crippen LogP contribution is -1.99. The van der Waals surface area contributed by atoms with Crippen LogP contribution in [-0.2, 0) is 0 Å². The van der Waals surface area contributed by atoms with Gasteiger partial charge in [0.15, 0.2) is 11.6 Å². The van der Waals surface area contributed by atoms with E-state index in [4.69, 9.17) is 16.7 Å². The van der Waals surface area contributed by atoms with Crippen molar-refractivity contribution >= 4 is 17.6 Å². The van der Waals surface area contributed by atoms with Crippen molar-refractivity contribution in [1.29, 1.82) is 0 Å². The molecule has 0 aromatic heterocycles. The summed E-state index contributed by atoms with van der Waals surface area (Å²) in [6, 6.07) is 6.85. The van der Waals surface area contributed by atoms with Crippen molar-refractivity contribution in [3.63, 3.8) is 0 Å². The Morgan fingerprint density at radius 3 is 2.47 bits per heavy atom. The molecule has 0 aliphatic rings. The minimum absolute atomic E-state index is 0.00210. The molecule has 2 aromatic rings. The average Bonchev–Trinajstić information content (AvgIpc) is 2.37. The van der Waals surface area contributed by atoms with Gasteiger partial charge in [0.25, 0.3) is 0 Å². The summed E-state index contributed by atoms with van der Waals surface area (Å²) in [5.74, 6) is -3.16. The molecule has 98 valence electrons. The predicted molar refractivity (Wildman–Crippen MR) is 68.5 cm³/mol. The predicted octanol–water partition coefficient (Wildman–Crippen LogP) is 4.29. The molecule has 2 aromatic carbocycles. The van der Waals surface area contributed by atoms with E-state index in [9.17, 15) is 13.6 Å². The van der Waals surface area contributed by atoms with Crippen LogP contribution in [0.4, 0.5) is 8.78 Å². The van der Waals surface area contributed by atoms with Crippen molar-refractivity contribution in [2.24, 2.45) is 0 Å². The lowest BCUT2D eigenvalue weighted by molar-refractivity contribution is 0.0697. The Morgan fingerprint density at radius 2 is 1.84 bits per heavy atom. The van der Waals surface area contributed by atoms with E-state index >= 15 is 0 Å². The molecule has 0 bridgehead atoms. The van der Waals surface area contributed by atoms with Crippen molar-refractivity contribution in [3.05, 3.63) is 58.1 Å². The molecule has 1 N–H and O–H groups in total. The maximum atomic E-state index is 13.8. The van der Waals surface area contributed by atoms with Crippen LogP contribution in [0.25, 0.3) is 11.1 Å². The SMILES string of the molecule is Cc1ccc(-c2ccc(Cl)c(C(=O)O)c2)c(F)c1F. The van der Waals surface area contributed by atoms with Crippen molar-refractivity contribution < 1.29 is 18.7 Å². The van der Waals surface area contributed by atoms with E-state index in [0.717, 1.165) is 0 Å². The fourth-order valence-corrected chi connectivity index (χ4v) is 1.92. The molecule has 19 heavy (non-hydrogen) atoms. The van der Waals surface area contributed by atoms with Crippen molar-refractivity contribution in [3.8, 4) is 11.1 Å². The second kappa shape index (κ2) is 4.97. The van der Waals surface area contributed by atoms with Crippen LogP contribution in [0.3, 0.4) is 0 Å². The highest BCUT2D eigenvalue weighted by atomic mass is 35.5. The van der Waals surface area contributed by atoms with Crippen LogP contribution in [0.2, 0.25) is 5.02 Å². The maximum absolute atomic E-state index is 13.8. The summed E-state index contributed by atoms with van der Waals surface area (Å²) in [6.07, 6.45) is 0. The Kier molecular flexibility index (Phi) is 3.53. The summed E-state index contributed by atoms with van der Waals surface area (Å²) in [4.78, 5) is 11.0. The molecular weight excluding hydrogens is 274 g/mol. The Labute approximate surface area is 113 Å². The van der Waals surface area contributed by atoms with Gasteiger partial charge in [0.1, 0.15) is 0 Å². The minimum Gasteiger partial charge on any atom is -0.478 e. The van der Waals surface area contributed by atoms with Crippen LogP contribution >= 0.6 is 11.6 Å². The van der Waals surface area contributed by atoms with E-state index in [2.05, 4.69) is 0 Å². The van der Waals surface area contributed by atoms with Gasteiger partial charge in [-0.3, -0.25) is 0 Å². The van der Waals surface area contributed by atoms with Gasteiger partial charge < -0.3 is 5.11 Å². The molecule has 0 fully saturated rings. The van der Waals surface area contributed by atoms with Crippen molar-refractivity contribution in [2.75, 3.05) is 0 Å². The van der Waals surface area contributed by atoms with E-state index in [0.29, 0.717) is 0 Å². The summed E-state index contributed by atoms with van der Waals surface area (Å²) in [5, 5.41) is 9.00. The van der Waals surface area contributed by atoms with E-state index in [1.165, 1.54) is 37.3 Å². The smallest absolute Gasteiger partial charge is 0.337 e. The van der Waals surface area contributed by atoms with Crippen LogP contribution in [-0.4, -0.2) is 11.1 Å². The molecule has 0 amide bonds. The van der Waals surface area contributed by atoms with Gasteiger partial charge in [-0.25, -0.2) is 13.6 Å². The number of rotatable bonds is 2. The van der Waals surface area contributed by atoms with Gasteiger partial charge in [0, 0.05) is 5.56 Å². The van der Waals surface area contributed by atoms with E-state index in [-0.39, 0.29) is 27.3 Å². The number of halogens is 3. The van der Waals surface area contributed by atoms with E-state index in [1.54, 1.807) is 0 Å². The third-order valence-electron chi connectivity index (χ3n) is 2.78. The first-order valence-corrected chi connectivity index (χ1v) is 5.77. The largest absolute Gasteiger partial charge is 0.478 e. The van der Waals surface area contributed by atoms with Gasteiger partial charge in [0.2, 0.25) is 0 Å². The fraction of sp³-hybridized carbons (Fsp3) is 0.0714. The number of benzene rings is 2. The third kappa shape index (κ3) is 2.44. The zero-order valence-corrected chi connectivity index (χ0v) is 10.6. The fourth-order valence-electron chi connectivity index (χ4n) is 1.73. The standard InChI is InChI=1S/C14H9ClF2O2/c1-7-2-4-9(13(17)12(7)16)8-3-5-11(15)10(6-8)14(18)19/h2-6H,1H3,(H,18,19). The lowest BCUT2D eigenvalue weighted by Gasteiger charge is -2.08. The van der Waals surface area contributed by atoms with Crippen LogP contribution < -0.4 is 0 Å². The Hall–Kier alpha value is -1.94. The molecule has 5 heteroatoms. The molecule has 0 aliphatic heterocycles. The highest BCUT2D eigenvalue weighted by molar-refractivity contribution is 6.33. The molecule has 0 atom stereocenters. The number of hydrogen-bond donors (Lipinski definition) is 1. The zero-order valence-electron chi connectivity index (χ0n) is 9.88. The number of carboxylic acids is 1. The normalized spacial score (nSPS) is 10.5. The summed E-state index contributed by atoms with van der Waals surface area (Å²) in [5.41, 5.74) is 0.300. The Balaban J connectivity index is 2.63. The molecule has 2 rings (SSSR count). The second-order valence-electron chi connectivity index (χ2n) is 4.06. The summed E-state index contributed by atoms with van der Waals surface area (Å²) in [6.45, 7) is 1.45. The number of carboxylic acid groups (broad SMARTS) is 1. The quantitative estimate of drug-likeness (QED) is 0.892. The average molecular weight is 283 g/mol. The molecule has 0 heterocycles. The molecule has 0 spiro atoms. The third-order valence-corrected chi connectivity index (χ3v) is 3.11. The summed E-state index contributed by atoms with van der Waals surface area (Å²) in [7, 11) is 0. The van der Waals surface area contributed by atoms with Crippen LogP contribution in [0.1, 0.15) is 15.9 Å². The van der Waals surface area contributed by atoms with Gasteiger partial charge in [0.05, 0.1) is 10.6 Å². The Morgan fingerprint density at radius 1 is 1.16 bits per heavy atom. The number of aromatic carboxylic acids is 1. The Bertz CT molecular complexity index is 669. The van der Waals surface area contributed by atoms with Crippen LogP contribution in [0.5, 0.6) is 0 Å². The van der Waals surface area contributed by atoms with E-state index < -0.39 is 17.6 Å². The van der Waals surface area contributed by atoms with Crippen LogP contribution in [0.15, 0.2) is 30.3 Å². The molecule has 2 nitrogen and oxygen atoms in total. The van der Waals surface area contributed by atoms with Crippen molar-refractivity contribution in [2.45, 2.75) is 6.92 Å². The second-order valence-corrected chi connectivity index (χ2v) is 4.46. The number of carbonyl (C=O) groups is 1. The monoisotopic (exact) mass is 282 g/mol. The van der Waals surface area contributed by atoms with Gasteiger partial charge in [-0.1, -0.05) is 29.8 Å². The first-order chi connectivity index (χ1) is 8.91. The highest BCUT2D eigenvalue weighted by Gasteiger charge is 2.15. The van der Waals surface area contributed by atoms with E-state index in [1.807, 2.05) is 0 Å². The first-order valence-electron chi connectivity index (χ1n) is 5.39. The van der Waals surface area contributed by atoms with Crippen LogP contribution in [0, 0.1) is 18.6 Å². The first kappa shape index (κ1) is 13.5. The molecule has 0 radical (unpaired) electrons. The number of aryl methyl sites for hydroxylation is 1. The molecule has 0 aliphatic carbocycles.